The van der Waals surface area contributed by atoms with Crippen molar-refractivity contribution < 1.29 is 22.7 Å². The van der Waals surface area contributed by atoms with Gasteiger partial charge in [-0.05, 0) is 42.7 Å². The van der Waals surface area contributed by atoms with Crippen LogP contribution in [0.25, 0.3) is 0 Å². The summed E-state index contributed by atoms with van der Waals surface area (Å²) in [5.41, 5.74) is 1.22. The van der Waals surface area contributed by atoms with Gasteiger partial charge in [0.2, 0.25) is 15.9 Å². The Hall–Kier alpha value is -2.69. The molecule has 3 aliphatic rings. The zero-order chi connectivity index (χ0) is 23.5. The average molecular weight is 487 g/mol. The van der Waals surface area contributed by atoms with Crippen molar-refractivity contribution >= 4 is 15.9 Å². The maximum atomic E-state index is 13.2. The lowest BCUT2D eigenvalue weighted by Crippen LogP contribution is -2.51. The lowest BCUT2D eigenvalue weighted by molar-refractivity contribution is -0.138. The fourth-order valence-corrected chi connectivity index (χ4v) is 6.29. The molecular weight excluding hydrogens is 456 g/mol. The molecular formula is C24H30N4O5S. The van der Waals surface area contributed by atoms with Crippen molar-refractivity contribution in [3.8, 4) is 11.5 Å². The molecule has 1 amide bonds. The number of hydrogen-bond donors (Lipinski definition) is 0. The molecule has 0 saturated carbocycles. The number of nitrogens with zero attached hydrogens (tertiary/aromatic N) is 4. The van der Waals surface area contributed by atoms with Crippen molar-refractivity contribution in [1.82, 2.24) is 19.1 Å². The molecule has 4 heterocycles. The van der Waals surface area contributed by atoms with Gasteiger partial charge in [0.25, 0.3) is 0 Å². The van der Waals surface area contributed by atoms with Crippen LogP contribution in [0.2, 0.25) is 0 Å². The summed E-state index contributed by atoms with van der Waals surface area (Å²) in [6.45, 7) is 5.50. The van der Waals surface area contributed by atoms with Crippen molar-refractivity contribution in [2.24, 2.45) is 5.92 Å². The number of sulfonamides is 1. The predicted octanol–water partition coefficient (Wildman–Crippen LogP) is 1.60. The molecule has 34 heavy (non-hydrogen) atoms. The van der Waals surface area contributed by atoms with Gasteiger partial charge in [-0.15, -0.1) is 0 Å². The third kappa shape index (κ3) is 4.89. The highest BCUT2D eigenvalue weighted by Gasteiger charge is 2.35. The summed E-state index contributed by atoms with van der Waals surface area (Å²) >= 11 is 0. The second-order valence-corrected chi connectivity index (χ2v) is 10.9. The fourth-order valence-electron chi connectivity index (χ4n) is 4.81. The van der Waals surface area contributed by atoms with Gasteiger partial charge in [-0.3, -0.25) is 14.7 Å². The second kappa shape index (κ2) is 9.89. The Morgan fingerprint density at radius 3 is 2.29 bits per heavy atom. The minimum absolute atomic E-state index is 0.126. The minimum atomic E-state index is -3.64. The van der Waals surface area contributed by atoms with Crippen molar-refractivity contribution in [1.29, 1.82) is 0 Å². The number of ether oxygens (including phenoxy) is 2. The summed E-state index contributed by atoms with van der Waals surface area (Å²) in [6, 6.07) is 8.78. The Kier molecular flexibility index (Phi) is 6.71. The fraction of sp³-hybridized carbons (Fsp3) is 0.500. The predicted molar refractivity (Wildman–Crippen MR) is 125 cm³/mol. The molecule has 182 valence electrons. The van der Waals surface area contributed by atoms with E-state index >= 15 is 0 Å². The molecule has 0 radical (unpaired) electrons. The smallest absolute Gasteiger partial charge is 0.243 e. The number of carbonyl (C=O) groups excluding carboxylic acids is 1. The summed E-state index contributed by atoms with van der Waals surface area (Å²) in [5.74, 6) is 1.05. The lowest BCUT2D eigenvalue weighted by atomic mass is 9.96. The molecule has 0 spiro atoms. The van der Waals surface area contributed by atoms with Gasteiger partial charge in [0.15, 0.2) is 11.5 Å². The van der Waals surface area contributed by atoms with Crippen LogP contribution < -0.4 is 9.47 Å². The quantitative estimate of drug-likeness (QED) is 0.634. The molecule has 0 atom stereocenters. The van der Waals surface area contributed by atoms with E-state index in [9.17, 15) is 13.2 Å². The Morgan fingerprint density at radius 2 is 1.59 bits per heavy atom. The van der Waals surface area contributed by atoms with Gasteiger partial charge in [-0.1, -0.05) is 0 Å². The Morgan fingerprint density at radius 1 is 0.912 bits per heavy atom. The summed E-state index contributed by atoms with van der Waals surface area (Å²) in [4.78, 5) is 21.7. The molecule has 10 heteroatoms. The number of piperidine rings is 1. The van der Waals surface area contributed by atoms with Crippen LogP contribution in [0.5, 0.6) is 11.5 Å². The van der Waals surface area contributed by atoms with Crippen LogP contribution in [0.1, 0.15) is 18.4 Å². The molecule has 1 aromatic heterocycles. The molecule has 2 fully saturated rings. The van der Waals surface area contributed by atoms with Crippen molar-refractivity contribution in [2.75, 3.05) is 52.5 Å². The van der Waals surface area contributed by atoms with Crippen LogP contribution in [0.3, 0.4) is 0 Å². The normalized spacial score (nSPS) is 20.3. The van der Waals surface area contributed by atoms with Crippen LogP contribution in [-0.2, 0) is 21.4 Å². The van der Waals surface area contributed by atoms with Crippen LogP contribution >= 0.6 is 0 Å². The molecule has 3 aliphatic heterocycles. The van der Waals surface area contributed by atoms with Gasteiger partial charge >= 0.3 is 0 Å². The molecule has 1 aromatic carbocycles. The number of benzene rings is 1. The van der Waals surface area contributed by atoms with E-state index in [1.54, 1.807) is 24.5 Å². The van der Waals surface area contributed by atoms with Crippen molar-refractivity contribution in [3.63, 3.8) is 0 Å². The van der Waals surface area contributed by atoms with Gasteiger partial charge in [-0.2, -0.15) is 4.31 Å². The van der Waals surface area contributed by atoms with E-state index in [0.29, 0.717) is 63.7 Å². The number of fused-ring (bicyclic) bond motifs is 1. The largest absolute Gasteiger partial charge is 0.486 e. The van der Waals surface area contributed by atoms with E-state index < -0.39 is 10.0 Å². The van der Waals surface area contributed by atoms with Gasteiger partial charge < -0.3 is 14.4 Å². The van der Waals surface area contributed by atoms with E-state index in [1.165, 1.54) is 15.9 Å². The van der Waals surface area contributed by atoms with E-state index in [4.69, 9.17) is 9.47 Å². The first kappa shape index (κ1) is 23.1. The van der Waals surface area contributed by atoms with Crippen LogP contribution in [0.15, 0.2) is 47.6 Å². The van der Waals surface area contributed by atoms with Gasteiger partial charge in [0.1, 0.15) is 13.2 Å². The highest BCUT2D eigenvalue weighted by atomic mass is 32.2. The van der Waals surface area contributed by atoms with Crippen molar-refractivity contribution in [3.05, 3.63) is 48.3 Å². The number of aromatic nitrogens is 1. The zero-order valence-electron chi connectivity index (χ0n) is 19.1. The number of carbonyl (C=O) groups is 1. The Labute approximate surface area is 200 Å². The number of pyridine rings is 1. The molecule has 0 unspecified atom stereocenters. The van der Waals surface area contributed by atoms with Crippen LogP contribution in [0, 0.1) is 5.92 Å². The van der Waals surface area contributed by atoms with Gasteiger partial charge in [0, 0.05) is 70.2 Å². The van der Waals surface area contributed by atoms with Crippen LogP contribution in [0.4, 0.5) is 0 Å². The van der Waals surface area contributed by atoms with E-state index in [2.05, 4.69) is 9.88 Å². The Balaban J connectivity index is 1.13. The van der Waals surface area contributed by atoms with Gasteiger partial charge in [0.05, 0.1) is 4.90 Å². The summed E-state index contributed by atoms with van der Waals surface area (Å²) in [7, 11) is -3.64. The molecule has 9 nitrogen and oxygen atoms in total. The third-order valence-electron chi connectivity index (χ3n) is 6.79. The first-order valence-electron chi connectivity index (χ1n) is 11.8. The molecule has 2 saturated heterocycles. The zero-order valence-corrected chi connectivity index (χ0v) is 20.0. The van der Waals surface area contributed by atoms with E-state index in [0.717, 1.165) is 19.6 Å². The number of amides is 1. The maximum absolute atomic E-state index is 13.2. The summed E-state index contributed by atoms with van der Waals surface area (Å²) < 4.78 is 38.8. The topological polar surface area (TPSA) is 92.3 Å². The monoisotopic (exact) mass is 486 g/mol. The number of rotatable bonds is 5. The third-order valence-corrected chi connectivity index (χ3v) is 8.69. The molecule has 0 N–H and O–H groups in total. The average Bonchev–Trinajstić information content (AvgIpc) is 2.89. The highest BCUT2D eigenvalue weighted by molar-refractivity contribution is 7.89. The Bertz CT molecular complexity index is 1110. The molecule has 0 aliphatic carbocycles. The maximum Gasteiger partial charge on any atom is 0.243 e. The standard InChI is InChI=1S/C24H30N4O5S/c29-24(27-13-11-26(12-14-27)18-19-3-7-25-8-4-19)20-5-9-28(10-6-20)34(30,31)21-1-2-22-23(17-21)33-16-15-32-22/h1-4,7-8,17,20H,5-6,9-16,18H2. The highest BCUT2D eigenvalue weighted by Crippen LogP contribution is 2.34. The SMILES string of the molecule is O=C(C1CCN(S(=O)(=O)c2ccc3c(c2)OCCO3)CC1)N1CCN(Cc2ccncc2)CC1. The lowest BCUT2D eigenvalue weighted by Gasteiger charge is -2.38. The minimum Gasteiger partial charge on any atom is -0.486 e. The molecule has 2 aromatic rings. The number of hydrogen-bond acceptors (Lipinski definition) is 7. The van der Waals surface area contributed by atoms with Crippen LogP contribution in [-0.4, -0.2) is 85.9 Å². The first-order chi connectivity index (χ1) is 16.5. The summed E-state index contributed by atoms with van der Waals surface area (Å²) in [6.07, 6.45) is 4.69. The van der Waals surface area contributed by atoms with Gasteiger partial charge in [-0.25, -0.2) is 8.42 Å². The summed E-state index contributed by atoms with van der Waals surface area (Å²) in [5, 5.41) is 0. The molecule has 0 bridgehead atoms. The number of piperazine rings is 1. The van der Waals surface area contributed by atoms with E-state index in [-0.39, 0.29) is 16.7 Å². The van der Waals surface area contributed by atoms with Crippen molar-refractivity contribution in [2.45, 2.75) is 24.3 Å². The second-order valence-electron chi connectivity index (χ2n) is 8.94. The first-order valence-corrected chi connectivity index (χ1v) is 13.2. The van der Waals surface area contributed by atoms with E-state index in [1.807, 2.05) is 17.0 Å². The molecule has 5 rings (SSSR count).